The molecule has 3 rings (SSSR count). The van der Waals surface area contributed by atoms with Crippen molar-refractivity contribution in [2.24, 2.45) is 5.92 Å². The minimum atomic E-state index is 0.834. The van der Waals surface area contributed by atoms with E-state index in [0.717, 1.165) is 24.9 Å². The van der Waals surface area contributed by atoms with Gasteiger partial charge in [-0.15, -0.1) is 0 Å². The number of hydrogen-bond acceptors (Lipinski definition) is 1. The molecule has 0 spiro atoms. The molecule has 1 heterocycles. The summed E-state index contributed by atoms with van der Waals surface area (Å²) < 4.78 is 0. The van der Waals surface area contributed by atoms with Crippen LogP contribution in [0.25, 0.3) is 0 Å². The highest BCUT2D eigenvalue weighted by molar-refractivity contribution is 5.39. The Kier molecular flexibility index (Phi) is 3.19. The first-order chi connectivity index (χ1) is 8.34. The van der Waals surface area contributed by atoms with Gasteiger partial charge >= 0.3 is 0 Å². The van der Waals surface area contributed by atoms with Gasteiger partial charge in [-0.05, 0) is 54.3 Å². The van der Waals surface area contributed by atoms with Crippen LogP contribution in [0.5, 0.6) is 0 Å². The first-order valence-corrected chi connectivity index (χ1v) is 7.16. The molecule has 1 saturated carbocycles. The maximum Gasteiger partial charge on any atom is 0.0211 e. The Morgan fingerprint density at radius 2 is 1.94 bits per heavy atom. The van der Waals surface area contributed by atoms with Gasteiger partial charge in [0.1, 0.15) is 0 Å². The van der Waals surface area contributed by atoms with E-state index in [1.807, 2.05) is 0 Å². The molecule has 1 fully saturated rings. The summed E-state index contributed by atoms with van der Waals surface area (Å²) in [6, 6.07) is 6.98. The van der Waals surface area contributed by atoms with Gasteiger partial charge in [-0.3, -0.25) is 0 Å². The zero-order valence-corrected chi connectivity index (χ0v) is 10.8. The van der Waals surface area contributed by atoms with Crippen molar-refractivity contribution >= 4 is 0 Å². The Hall–Kier alpha value is -0.820. The van der Waals surface area contributed by atoms with E-state index in [9.17, 15) is 0 Å². The third-order valence-electron chi connectivity index (χ3n) is 4.64. The molecule has 1 heteroatoms. The van der Waals surface area contributed by atoms with Crippen molar-refractivity contribution in [1.82, 2.24) is 5.32 Å². The lowest BCUT2D eigenvalue weighted by Crippen LogP contribution is -2.26. The van der Waals surface area contributed by atoms with Gasteiger partial charge in [-0.1, -0.05) is 38.0 Å². The maximum atomic E-state index is 3.53. The van der Waals surface area contributed by atoms with E-state index in [1.54, 1.807) is 16.7 Å². The predicted octanol–water partition coefficient (Wildman–Crippen LogP) is 3.63. The number of benzene rings is 1. The van der Waals surface area contributed by atoms with Crippen LogP contribution in [0.3, 0.4) is 0 Å². The highest BCUT2D eigenvalue weighted by Crippen LogP contribution is 2.38. The molecule has 0 unspecified atom stereocenters. The van der Waals surface area contributed by atoms with Gasteiger partial charge in [0.15, 0.2) is 0 Å². The summed E-state index contributed by atoms with van der Waals surface area (Å²) >= 11 is 0. The largest absolute Gasteiger partial charge is 0.312 e. The molecule has 0 atom stereocenters. The van der Waals surface area contributed by atoms with Crippen molar-refractivity contribution in [2.75, 3.05) is 6.54 Å². The fourth-order valence-corrected chi connectivity index (χ4v) is 3.49. The molecule has 1 aromatic carbocycles. The summed E-state index contributed by atoms with van der Waals surface area (Å²) in [5, 5.41) is 3.53. The molecule has 0 aromatic heterocycles. The van der Waals surface area contributed by atoms with Crippen LogP contribution in [-0.4, -0.2) is 6.54 Å². The summed E-state index contributed by atoms with van der Waals surface area (Å²) in [4.78, 5) is 0. The first-order valence-electron chi connectivity index (χ1n) is 7.16. The van der Waals surface area contributed by atoms with Gasteiger partial charge in [0, 0.05) is 6.54 Å². The van der Waals surface area contributed by atoms with Crippen molar-refractivity contribution in [1.29, 1.82) is 0 Å². The molecule has 0 saturated heterocycles. The molecule has 92 valence electrons. The van der Waals surface area contributed by atoms with Gasteiger partial charge in [0.2, 0.25) is 0 Å². The fraction of sp³-hybridized carbons (Fsp3) is 0.625. The number of nitrogens with one attached hydrogen (secondary N) is 1. The predicted molar refractivity (Wildman–Crippen MR) is 72.2 cm³/mol. The Bertz CT molecular complexity index is 389. The Balaban J connectivity index is 1.87. The zero-order chi connectivity index (χ0) is 11.7. The molecule has 0 radical (unpaired) electrons. The molecule has 17 heavy (non-hydrogen) atoms. The molecule has 0 amide bonds. The quantitative estimate of drug-likeness (QED) is 0.775. The molecule has 1 aliphatic carbocycles. The standard InChI is InChI=1S/C16H23N/c1-12-5-7-14(8-6-12)15-4-2-3-13-9-10-17-11-16(13)15/h2-4,12,14,17H,5-11H2,1H3. The fourth-order valence-electron chi connectivity index (χ4n) is 3.49. The van der Waals surface area contributed by atoms with Crippen molar-refractivity contribution < 1.29 is 0 Å². The topological polar surface area (TPSA) is 12.0 Å². The van der Waals surface area contributed by atoms with Crippen molar-refractivity contribution in [3.8, 4) is 0 Å². The van der Waals surface area contributed by atoms with Crippen LogP contribution in [-0.2, 0) is 13.0 Å². The monoisotopic (exact) mass is 229 g/mol. The summed E-state index contributed by atoms with van der Waals surface area (Å²) in [7, 11) is 0. The van der Waals surface area contributed by atoms with E-state index in [1.165, 1.54) is 32.1 Å². The smallest absolute Gasteiger partial charge is 0.0211 e. The lowest BCUT2D eigenvalue weighted by molar-refractivity contribution is 0.346. The summed E-state index contributed by atoms with van der Waals surface area (Å²) in [5.41, 5.74) is 4.87. The van der Waals surface area contributed by atoms with E-state index in [0.29, 0.717) is 0 Å². The van der Waals surface area contributed by atoms with Crippen LogP contribution in [0.1, 0.15) is 55.2 Å². The normalized spacial score (nSPS) is 28.8. The second-order valence-corrected chi connectivity index (χ2v) is 5.87. The molecule has 1 aliphatic heterocycles. The van der Waals surface area contributed by atoms with E-state index in [4.69, 9.17) is 0 Å². The van der Waals surface area contributed by atoms with Gasteiger partial charge in [0.05, 0.1) is 0 Å². The molecule has 0 bridgehead atoms. The first kappa shape index (κ1) is 11.3. The van der Waals surface area contributed by atoms with Crippen LogP contribution < -0.4 is 5.32 Å². The molecular formula is C16H23N. The second-order valence-electron chi connectivity index (χ2n) is 5.87. The molecular weight excluding hydrogens is 206 g/mol. The maximum absolute atomic E-state index is 3.53. The van der Waals surface area contributed by atoms with Crippen molar-refractivity contribution in [3.05, 3.63) is 34.9 Å². The highest BCUT2D eigenvalue weighted by Gasteiger charge is 2.23. The summed E-state index contributed by atoms with van der Waals surface area (Å²) in [6.45, 7) is 4.65. The van der Waals surface area contributed by atoms with Crippen molar-refractivity contribution in [3.63, 3.8) is 0 Å². The van der Waals surface area contributed by atoms with Crippen LogP contribution in [0.2, 0.25) is 0 Å². The van der Waals surface area contributed by atoms with E-state index in [2.05, 4.69) is 30.4 Å². The average molecular weight is 229 g/mol. The second kappa shape index (κ2) is 4.81. The lowest BCUT2D eigenvalue weighted by atomic mass is 9.77. The lowest BCUT2D eigenvalue weighted by Gasteiger charge is -2.30. The zero-order valence-electron chi connectivity index (χ0n) is 10.8. The molecule has 1 nitrogen and oxygen atoms in total. The van der Waals surface area contributed by atoms with Gasteiger partial charge in [0.25, 0.3) is 0 Å². The Labute approximate surface area is 105 Å². The third-order valence-corrected chi connectivity index (χ3v) is 4.64. The molecule has 2 aliphatic rings. The highest BCUT2D eigenvalue weighted by atomic mass is 14.9. The average Bonchev–Trinajstić information content (AvgIpc) is 2.39. The Morgan fingerprint density at radius 3 is 2.76 bits per heavy atom. The molecule has 1 N–H and O–H groups in total. The SMILES string of the molecule is CC1CCC(c2cccc3c2CNCC3)CC1. The number of fused-ring (bicyclic) bond motifs is 1. The van der Waals surface area contributed by atoms with E-state index in [-0.39, 0.29) is 0 Å². The summed E-state index contributed by atoms with van der Waals surface area (Å²) in [5.74, 6) is 1.78. The minimum Gasteiger partial charge on any atom is -0.312 e. The van der Waals surface area contributed by atoms with E-state index >= 15 is 0 Å². The van der Waals surface area contributed by atoms with Gasteiger partial charge in [-0.2, -0.15) is 0 Å². The van der Waals surface area contributed by atoms with Gasteiger partial charge < -0.3 is 5.32 Å². The van der Waals surface area contributed by atoms with Crippen LogP contribution in [0.4, 0.5) is 0 Å². The number of hydrogen-bond donors (Lipinski definition) is 1. The van der Waals surface area contributed by atoms with Crippen LogP contribution >= 0.6 is 0 Å². The summed E-state index contributed by atoms with van der Waals surface area (Å²) in [6.07, 6.45) is 6.85. The van der Waals surface area contributed by atoms with Crippen LogP contribution in [0.15, 0.2) is 18.2 Å². The van der Waals surface area contributed by atoms with E-state index < -0.39 is 0 Å². The minimum absolute atomic E-state index is 0.834. The Morgan fingerprint density at radius 1 is 1.12 bits per heavy atom. The number of rotatable bonds is 1. The molecule has 1 aromatic rings. The van der Waals surface area contributed by atoms with Crippen molar-refractivity contribution in [2.45, 2.75) is 51.5 Å². The third kappa shape index (κ3) is 2.26. The van der Waals surface area contributed by atoms with Crippen LogP contribution in [0, 0.1) is 5.92 Å². The van der Waals surface area contributed by atoms with Gasteiger partial charge in [-0.25, -0.2) is 0 Å².